The number of alkyl halides is 3. The van der Waals surface area contributed by atoms with Crippen molar-refractivity contribution in [1.82, 2.24) is 19.5 Å². The molecule has 0 bridgehead atoms. The van der Waals surface area contributed by atoms with Crippen molar-refractivity contribution in [3.05, 3.63) is 70.4 Å². The Bertz CT molecular complexity index is 1100. The molecule has 1 atom stereocenters. The van der Waals surface area contributed by atoms with Crippen LogP contribution in [0.25, 0.3) is 11.4 Å². The third kappa shape index (κ3) is 3.90. The number of morpholine rings is 1. The summed E-state index contributed by atoms with van der Waals surface area (Å²) in [5, 5.41) is 0. The lowest BCUT2D eigenvalue weighted by molar-refractivity contribution is -0.139. The molecule has 1 aromatic carbocycles. The van der Waals surface area contributed by atoms with E-state index in [0.29, 0.717) is 23.9 Å². The Hall–Kier alpha value is -3.27. The van der Waals surface area contributed by atoms with Gasteiger partial charge in [0.15, 0.2) is 0 Å². The summed E-state index contributed by atoms with van der Waals surface area (Å²) in [7, 11) is 1.57. The summed E-state index contributed by atoms with van der Waals surface area (Å²) in [4.78, 5) is 26.8. The largest absolute Gasteiger partial charge is 0.416 e. The van der Waals surface area contributed by atoms with Gasteiger partial charge in [-0.25, -0.2) is 15.0 Å². The molecule has 1 saturated heterocycles. The van der Waals surface area contributed by atoms with Crippen molar-refractivity contribution in [2.75, 3.05) is 24.6 Å². The van der Waals surface area contributed by atoms with Gasteiger partial charge in [-0.2, -0.15) is 13.2 Å². The highest BCUT2D eigenvalue weighted by molar-refractivity contribution is 5.55. The summed E-state index contributed by atoms with van der Waals surface area (Å²) in [6, 6.07) is 8.36. The van der Waals surface area contributed by atoms with Crippen molar-refractivity contribution in [3.63, 3.8) is 0 Å². The Balaban J connectivity index is 1.70. The molecule has 0 amide bonds. The zero-order chi connectivity index (χ0) is 21.3. The average Bonchev–Trinajstić information content (AvgIpc) is 2.75. The van der Waals surface area contributed by atoms with Crippen LogP contribution in [0.1, 0.15) is 17.2 Å². The molecule has 1 aliphatic heterocycles. The van der Waals surface area contributed by atoms with Gasteiger partial charge in [-0.1, -0.05) is 18.2 Å². The van der Waals surface area contributed by atoms with Crippen LogP contribution in [0.15, 0.2) is 53.7 Å². The third-order valence-electron chi connectivity index (χ3n) is 4.92. The van der Waals surface area contributed by atoms with Gasteiger partial charge >= 0.3 is 6.18 Å². The van der Waals surface area contributed by atoms with E-state index in [1.54, 1.807) is 30.3 Å². The van der Waals surface area contributed by atoms with Crippen molar-refractivity contribution in [2.45, 2.75) is 12.3 Å². The van der Waals surface area contributed by atoms with Crippen LogP contribution in [0.4, 0.5) is 19.1 Å². The van der Waals surface area contributed by atoms with E-state index >= 15 is 0 Å². The Morgan fingerprint density at radius 3 is 2.70 bits per heavy atom. The number of rotatable bonds is 3. The van der Waals surface area contributed by atoms with E-state index in [9.17, 15) is 18.0 Å². The molecule has 1 fully saturated rings. The molecular weight excluding hydrogens is 399 g/mol. The third-order valence-corrected chi connectivity index (χ3v) is 4.92. The molecule has 7 nitrogen and oxygen atoms in total. The van der Waals surface area contributed by atoms with Gasteiger partial charge in [0.2, 0.25) is 5.95 Å². The number of aromatic nitrogens is 4. The topological polar surface area (TPSA) is 73.1 Å². The van der Waals surface area contributed by atoms with E-state index in [1.165, 1.54) is 29.1 Å². The van der Waals surface area contributed by atoms with Crippen LogP contribution in [0.5, 0.6) is 0 Å². The Kier molecular flexibility index (Phi) is 5.25. The number of ether oxygens (including phenoxy) is 1. The minimum atomic E-state index is -4.49. The molecule has 0 aliphatic carbocycles. The van der Waals surface area contributed by atoms with E-state index in [4.69, 9.17) is 4.74 Å². The predicted octanol–water partition coefficient (Wildman–Crippen LogP) is 2.83. The van der Waals surface area contributed by atoms with Gasteiger partial charge in [0, 0.05) is 25.9 Å². The van der Waals surface area contributed by atoms with Crippen LogP contribution < -0.4 is 10.5 Å². The van der Waals surface area contributed by atoms with Gasteiger partial charge in [-0.05, 0) is 17.7 Å². The Morgan fingerprint density at radius 1 is 1.17 bits per heavy atom. The number of hydrogen-bond acceptors (Lipinski definition) is 6. The first-order chi connectivity index (χ1) is 14.3. The Morgan fingerprint density at radius 2 is 1.97 bits per heavy atom. The van der Waals surface area contributed by atoms with E-state index in [-0.39, 0.29) is 24.3 Å². The van der Waals surface area contributed by atoms with Crippen LogP contribution in [-0.4, -0.2) is 39.2 Å². The van der Waals surface area contributed by atoms with Crippen LogP contribution in [0.3, 0.4) is 0 Å². The molecule has 4 rings (SSSR count). The van der Waals surface area contributed by atoms with Gasteiger partial charge in [0.25, 0.3) is 5.56 Å². The lowest BCUT2D eigenvalue weighted by atomic mass is 10.0. The van der Waals surface area contributed by atoms with E-state index < -0.39 is 17.8 Å². The molecule has 156 valence electrons. The fourth-order valence-electron chi connectivity index (χ4n) is 3.44. The first-order valence-corrected chi connectivity index (χ1v) is 9.21. The van der Waals surface area contributed by atoms with E-state index in [0.717, 1.165) is 6.07 Å². The lowest BCUT2D eigenvalue weighted by Gasteiger charge is -2.35. The summed E-state index contributed by atoms with van der Waals surface area (Å²) in [5.74, 6) is 0.342. The van der Waals surface area contributed by atoms with Crippen LogP contribution >= 0.6 is 0 Å². The molecular formula is C20H18F3N5O2. The van der Waals surface area contributed by atoms with Gasteiger partial charge in [-0.3, -0.25) is 9.36 Å². The summed E-state index contributed by atoms with van der Waals surface area (Å²) in [5.41, 5.74) is -0.113. The highest BCUT2D eigenvalue weighted by atomic mass is 19.4. The number of benzene rings is 1. The molecule has 3 heterocycles. The molecule has 0 spiro atoms. The molecule has 2 aromatic heterocycles. The van der Waals surface area contributed by atoms with Crippen molar-refractivity contribution in [2.24, 2.45) is 7.05 Å². The molecule has 1 aliphatic rings. The zero-order valence-corrected chi connectivity index (χ0v) is 16.0. The van der Waals surface area contributed by atoms with Crippen molar-refractivity contribution in [1.29, 1.82) is 0 Å². The standard InChI is InChI=1S/C20H18F3N5O2/c1-27-18(29)10-16(15-6-7-24-12-25-15)26-19(27)28-8-9-30-17(11-28)13-4-2-3-5-14(13)20(21,22)23/h2-7,10,12,17H,8-9,11H2,1H3. The maximum absolute atomic E-state index is 13.4. The highest BCUT2D eigenvalue weighted by Crippen LogP contribution is 2.37. The molecule has 3 aromatic rings. The SMILES string of the molecule is Cn1c(N2CCOC(c3ccccc3C(F)(F)F)C2)nc(-c2ccncn2)cc1=O. The molecule has 0 saturated carbocycles. The second-order valence-electron chi connectivity index (χ2n) is 6.82. The van der Waals surface area contributed by atoms with Crippen LogP contribution in [0, 0.1) is 0 Å². The molecule has 30 heavy (non-hydrogen) atoms. The molecule has 0 radical (unpaired) electrons. The molecule has 0 N–H and O–H groups in total. The summed E-state index contributed by atoms with van der Waals surface area (Å²) >= 11 is 0. The number of nitrogens with zero attached hydrogens (tertiary/aromatic N) is 5. The maximum Gasteiger partial charge on any atom is 0.416 e. The van der Waals surface area contributed by atoms with Gasteiger partial charge < -0.3 is 9.64 Å². The normalized spacial score (nSPS) is 17.2. The summed E-state index contributed by atoms with van der Waals surface area (Å²) in [6.07, 6.45) is -2.40. The summed E-state index contributed by atoms with van der Waals surface area (Å²) in [6.45, 7) is 0.712. The quantitative estimate of drug-likeness (QED) is 0.653. The molecule has 10 heteroatoms. The van der Waals surface area contributed by atoms with Crippen molar-refractivity contribution < 1.29 is 17.9 Å². The second kappa shape index (κ2) is 7.86. The van der Waals surface area contributed by atoms with Crippen molar-refractivity contribution >= 4 is 5.95 Å². The zero-order valence-electron chi connectivity index (χ0n) is 16.0. The highest BCUT2D eigenvalue weighted by Gasteiger charge is 2.36. The number of anilines is 1. The monoisotopic (exact) mass is 417 g/mol. The van der Waals surface area contributed by atoms with Gasteiger partial charge in [0.05, 0.1) is 30.1 Å². The fourth-order valence-corrected chi connectivity index (χ4v) is 3.44. The summed E-state index contributed by atoms with van der Waals surface area (Å²) < 4.78 is 47.3. The fraction of sp³-hybridized carbons (Fsp3) is 0.300. The average molecular weight is 417 g/mol. The lowest BCUT2D eigenvalue weighted by Crippen LogP contribution is -2.42. The minimum absolute atomic E-state index is 0.0617. The van der Waals surface area contributed by atoms with E-state index in [2.05, 4.69) is 15.0 Å². The van der Waals surface area contributed by atoms with E-state index in [1.807, 2.05) is 0 Å². The number of hydrogen-bond donors (Lipinski definition) is 0. The second-order valence-corrected chi connectivity index (χ2v) is 6.82. The van der Waals surface area contributed by atoms with Gasteiger partial charge in [-0.15, -0.1) is 0 Å². The van der Waals surface area contributed by atoms with Gasteiger partial charge in [0.1, 0.15) is 12.4 Å². The smallest absolute Gasteiger partial charge is 0.370 e. The predicted molar refractivity (Wildman–Crippen MR) is 103 cm³/mol. The van der Waals surface area contributed by atoms with Crippen LogP contribution in [-0.2, 0) is 18.0 Å². The molecule has 1 unspecified atom stereocenters. The first-order valence-electron chi connectivity index (χ1n) is 9.21. The Labute approximate surface area is 169 Å². The van der Waals surface area contributed by atoms with Crippen molar-refractivity contribution in [3.8, 4) is 11.4 Å². The first kappa shape index (κ1) is 20.0. The van der Waals surface area contributed by atoms with Crippen LogP contribution in [0.2, 0.25) is 0 Å². The minimum Gasteiger partial charge on any atom is -0.370 e. The number of halogens is 3. The maximum atomic E-state index is 13.4.